The molecule has 0 aliphatic heterocycles. The van der Waals surface area contributed by atoms with Crippen molar-refractivity contribution in [3.63, 3.8) is 0 Å². The number of rotatable bonds is 6. The van der Waals surface area contributed by atoms with E-state index in [-0.39, 0.29) is 24.0 Å². The monoisotopic (exact) mass is 411 g/mol. The quantitative estimate of drug-likeness (QED) is 0.676. The number of benzene rings is 2. The molecule has 1 aliphatic rings. The molecule has 1 aliphatic carbocycles. The molecule has 1 heterocycles. The lowest BCUT2D eigenvalue weighted by Gasteiger charge is -2.15. The van der Waals surface area contributed by atoms with Crippen molar-refractivity contribution in [3.8, 4) is 5.69 Å². The minimum atomic E-state index is -0.807. The summed E-state index contributed by atoms with van der Waals surface area (Å²) < 4.78 is 28.2. The number of hydrogen-bond donors (Lipinski definition) is 1. The van der Waals surface area contributed by atoms with Gasteiger partial charge in [-0.1, -0.05) is 18.2 Å². The van der Waals surface area contributed by atoms with E-state index < -0.39 is 23.4 Å². The zero-order valence-corrected chi connectivity index (χ0v) is 16.2. The van der Waals surface area contributed by atoms with Gasteiger partial charge in [-0.2, -0.15) is 0 Å². The van der Waals surface area contributed by atoms with Crippen molar-refractivity contribution in [2.75, 3.05) is 18.9 Å². The molecule has 0 bridgehead atoms. The molecule has 2 amide bonds. The molecule has 0 atom stereocenters. The normalized spacial score (nSPS) is 13.2. The molecule has 30 heavy (non-hydrogen) atoms. The van der Waals surface area contributed by atoms with Gasteiger partial charge in [0.15, 0.2) is 0 Å². The molecular formula is C21H19F2N5O2. The van der Waals surface area contributed by atoms with E-state index in [4.69, 9.17) is 0 Å². The fourth-order valence-corrected chi connectivity index (χ4v) is 3.06. The number of aromatic nitrogens is 3. The predicted molar refractivity (Wildman–Crippen MR) is 105 cm³/mol. The van der Waals surface area contributed by atoms with Gasteiger partial charge in [0.2, 0.25) is 11.7 Å². The zero-order chi connectivity index (χ0) is 21.3. The van der Waals surface area contributed by atoms with Crippen LogP contribution in [0.15, 0.2) is 48.5 Å². The first kappa shape index (κ1) is 19.7. The van der Waals surface area contributed by atoms with Gasteiger partial charge in [0, 0.05) is 24.7 Å². The van der Waals surface area contributed by atoms with Crippen LogP contribution in [0.25, 0.3) is 5.69 Å². The van der Waals surface area contributed by atoms with Gasteiger partial charge < -0.3 is 10.2 Å². The Bertz CT molecular complexity index is 1080. The van der Waals surface area contributed by atoms with Crippen LogP contribution in [0.4, 0.5) is 14.5 Å². The lowest BCUT2D eigenvalue weighted by atomic mass is 10.3. The van der Waals surface area contributed by atoms with E-state index in [0.29, 0.717) is 6.07 Å². The average Bonchev–Trinajstić information content (AvgIpc) is 3.45. The van der Waals surface area contributed by atoms with E-state index in [9.17, 15) is 18.4 Å². The number of nitrogens with one attached hydrogen (secondary N) is 1. The molecular weight excluding hydrogens is 392 g/mol. The molecule has 1 aromatic heterocycles. The molecule has 0 unspecified atom stereocenters. The Hall–Kier alpha value is -3.62. The molecule has 0 radical (unpaired) electrons. The topological polar surface area (TPSA) is 80.1 Å². The predicted octanol–water partition coefficient (Wildman–Crippen LogP) is 3.13. The zero-order valence-electron chi connectivity index (χ0n) is 16.2. The molecule has 1 N–H and O–H groups in total. The van der Waals surface area contributed by atoms with Crippen LogP contribution in [0.3, 0.4) is 0 Å². The maximum atomic E-state index is 13.3. The summed E-state index contributed by atoms with van der Waals surface area (Å²) in [6.07, 6.45) is 1.98. The molecule has 3 aromatic rings. The van der Waals surface area contributed by atoms with Crippen LogP contribution >= 0.6 is 0 Å². The maximum absolute atomic E-state index is 13.3. The smallest absolute Gasteiger partial charge is 0.293 e. The van der Waals surface area contributed by atoms with Crippen molar-refractivity contribution >= 4 is 17.5 Å². The van der Waals surface area contributed by atoms with Crippen LogP contribution in [0, 0.1) is 11.6 Å². The molecule has 1 fully saturated rings. The van der Waals surface area contributed by atoms with Gasteiger partial charge in [-0.3, -0.25) is 9.59 Å². The maximum Gasteiger partial charge on any atom is 0.293 e. The van der Waals surface area contributed by atoms with Crippen molar-refractivity contribution in [2.45, 2.75) is 18.8 Å². The largest absolute Gasteiger partial charge is 0.330 e. The van der Waals surface area contributed by atoms with Gasteiger partial charge in [0.25, 0.3) is 5.91 Å². The molecule has 9 heteroatoms. The number of carbonyl (C=O) groups is 2. The first-order chi connectivity index (χ1) is 14.4. The fourth-order valence-electron chi connectivity index (χ4n) is 3.06. The minimum absolute atomic E-state index is 0.00662. The lowest BCUT2D eigenvalue weighted by Crippen LogP contribution is -2.35. The number of halogens is 2. The van der Waals surface area contributed by atoms with Crippen LogP contribution in [0.1, 0.15) is 35.2 Å². The highest BCUT2D eigenvalue weighted by Gasteiger charge is 2.32. The molecule has 0 spiro atoms. The Morgan fingerprint density at radius 2 is 1.80 bits per heavy atom. The third-order valence-corrected chi connectivity index (χ3v) is 4.64. The Balaban J connectivity index is 1.48. The summed E-state index contributed by atoms with van der Waals surface area (Å²) in [5.74, 6) is -1.76. The summed E-state index contributed by atoms with van der Waals surface area (Å²) in [6, 6.07) is 12.1. The van der Waals surface area contributed by atoms with Crippen molar-refractivity contribution in [1.82, 2.24) is 19.7 Å². The summed E-state index contributed by atoms with van der Waals surface area (Å²) >= 11 is 0. The highest BCUT2D eigenvalue weighted by atomic mass is 19.1. The minimum Gasteiger partial charge on any atom is -0.330 e. The molecule has 7 nitrogen and oxygen atoms in total. The number of likely N-dealkylation sites (N-methyl/N-ethyl adjacent to an activating group) is 1. The number of anilines is 1. The van der Waals surface area contributed by atoms with Gasteiger partial charge in [-0.25, -0.2) is 18.4 Å². The van der Waals surface area contributed by atoms with Crippen molar-refractivity contribution in [3.05, 3.63) is 71.8 Å². The van der Waals surface area contributed by atoms with E-state index in [1.54, 1.807) is 4.68 Å². The molecule has 4 rings (SSSR count). The van der Waals surface area contributed by atoms with Crippen molar-refractivity contribution in [1.29, 1.82) is 0 Å². The summed E-state index contributed by atoms with van der Waals surface area (Å²) in [5.41, 5.74) is 0.778. The number of amides is 2. The van der Waals surface area contributed by atoms with Crippen LogP contribution in [0.5, 0.6) is 0 Å². The van der Waals surface area contributed by atoms with Gasteiger partial charge in [-0.05, 0) is 37.1 Å². The second-order valence-corrected chi connectivity index (χ2v) is 7.18. The third kappa shape index (κ3) is 4.35. The van der Waals surface area contributed by atoms with Crippen molar-refractivity contribution < 1.29 is 18.4 Å². The molecule has 154 valence electrons. The standard InChI is InChI=1S/C21H19F2N5O2/c1-27(12-18(29)24-16-10-14(22)9-15(23)11-16)21(30)19-25-20(13-7-8-13)28(26-19)17-5-3-2-4-6-17/h2-6,9-11,13H,7-8,12H2,1H3,(H,24,29). The van der Waals surface area contributed by atoms with E-state index >= 15 is 0 Å². The first-order valence-electron chi connectivity index (χ1n) is 9.44. The number of nitrogens with zero attached hydrogens (tertiary/aromatic N) is 4. The number of para-hydroxylation sites is 1. The Morgan fingerprint density at radius 1 is 1.13 bits per heavy atom. The average molecular weight is 411 g/mol. The lowest BCUT2D eigenvalue weighted by molar-refractivity contribution is -0.116. The Kier molecular flexibility index (Phi) is 5.26. The first-order valence-corrected chi connectivity index (χ1v) is 9.44. The summed E-state index contributed by atoms with van der Waals surface area (Å²) in [7, 11) is 1.44. The van der Waals surface area contributed by atoms with E-state index in [0.717, 1.165) is 41.4 Å². The van der Waals surface area contributed by atoms with E-state index in [1.165, 1.54) is 7.05 Å². The van der Waals surface area contributed by atoms with Gasteiger partial charge in [0.05, 0.1) is 12.2 Å². The van der Waals surface area contributed by atoms with E-state index in [1.807, 2.05) is 30.3 Å². The van der Waals surface area contributed by atoms with Crippen LogP contribution in [-0.4, -0.2) is 45.1 Å². The highest BCUT2D eigenvalue weighted by molar-refractivity contribution is 5.97. The molecule has 2 aromatic carbocycles. The SMILES string of the molecule is CN(CC(=O)Nc1cc(F)cc(F)c1)C(=O)c1nc(C2CC2)n(-c2ccccc2)n1. The molecule has 0 saturated heterocycles. The highest BCUT2D eigenvalue weighted by Crippen LogP contribution is 2.39. The number of hydrogen-bond acceptors (Lipinski definition) is 4. The number of carbonyl (C=O) groups excluding carboxylic acids is 2. The summed E-state index contributed by atoms with van der Waals surface area (Å²) in [5, 5.41) is 6.73. The fraction of sp³-hybridized carbons (Fsp3) is 0.238. The Labute approximate surface area is 171 Å². The van der Waals surface area contributed by atoms with E-state index in [2.05, 4.69) is 15.4 Å². The summed E-state index contributed by atoms with van der Waals surface area (Å²) in [6.45, 7) is -0.324. The van der Waals surface area contributed by atoms with Crippen LogP contribution in [-0.2, 0) is 4.79 Å². The van der Waals surface area contributed by atoms with Crippen molar-refractivity contribution in [2.24, 2.45) is 0 Å². The van der Waals surface area contributed by atoms with Gasteiger partial charge in [-0.15, -0.1) is 5.10 Å². The second-order valence-electron chi connectivity index (χ2n) is 7.18. The van der Waals surface area contributed by atoms with Crippen LogP contribution < -0.4 is 5.32 Å². The Morgan fingerprint density at radius 3 is 2.43 bits per heavy atom. The van der Waals surface area contributed by atoms with Gasteiger partial charge >= 0.3 is 0 Å². The van der Waals surface area contributed by atoms with Gasteiger partial charge in [0.1, 0.15) is 17.5 Å². The third-order valence-electron chi connectivity index (χ3n) is 4.64. The molecule has 1 saturated carbocycles. The summed E-state index contributed by atoms with van der Waals surface area (Å²) in [4.78, 5) is 30.5. The van der Waals surface area contributed by atoms with Crippen LogP contribution in [0.2, 0.25) is 0 Å². The second kappa shape index (κ2) is 8.02.